The fourth-order valence-corrected chi connectivity index (χ4v) is 1.20. The molecule has 0 amide bonds. The number of phenolic OH excluding ortho intramolecular Hbond substituents is 1. The molecular formula is C10H14O3. The molecule has 1 N–H and O–H groups in total. The lowest BCUT2D eigenvalue weighted by atomic mass is 10.1. The molecule has 13 heavy (non-hydrogen) atoms. The minimum absolute atomic E-state index is 0.261. The van der Waals surface area contributed by atoms with Crippen LogP contribution in [0, 0.1) is 0 Å². The van der Waals surface area contributed by atoms with Crippen LogP contribution in [0.2, 0.25) is 0 Å². The van der Waals surface area contributed by atoms with Crippen LogP contribution in [-0.2, 0) is 11.2 Å². The first-order valence-electron chi connectivity index (χ1n) is 4.13. The van der Waals surface area contributed by atoms with E-state index in [2.05, 4.69) is 0 Å². The molecule has 0 unspecified atom stereocenters. The molecule has 0 saturated carbocycles. The molecule has 0 aliphatic rings. The lowest BCUT2D eigenvalue weighted by Crippen LogP contribution is -1.98. The fraction of sp³-hybridized carbons (Fsp3) is 0.400. The Kier molecular flexibility index (Phi) is 3.58. The van der Waals surface area contributed by atoms with Crippen molar-refractivity contribution in [2.24, 2.45) is 0 Å². The number of phenols is 1. The third-order valence-electron chi connectivity index (χ3n) is 1.88. The molecule has 0 spiro atoms. The Hall–Kier alpha value is -1.22. The molecule has 0 saturated heterocycles. The second-order valence-corrected chi connectivity index (χ2v) is 2.70. The highest BCUT2D eigenvalue weighted by atomic mass is 16.5. The zero-order chi connectivity index (χ0) is 9.68. The van der Waals surface area contributed by atoms with Crippen LogP contribution in [0.15, 0.2) is 18.2 Å². The van der Waals surface area contributed by atoms with E-state index in [1.807, 2.05) is 6.07 Å². The molecule has 1 aromatic rings. The van der Waals surface area contributed by atoms with Crippen molar-refractivity contribution in [2.45, 2.75) is 6.42 Å². The standard InChI is InChI=1S/C10H14O3/c1-12-7-6-8-9(11)4-3-5-10(8)13-2/h3-5,11H,6-7H2,1-2H3. The molecule has 0 fully saturated rings. The van der Waals surface area contributed by atoms with Crippen LogP contribution in [0.3, 0.4) is 0 Å². The van der Waals surface area contributed by atoms with Gasteiger partial charge in [-0.2, -0.15) is 0 Å². The summed E-state index contributed by atoms with van der Waals surface area (Å²) in [5, 5.41) is 9.51. The van der Waals surface area contributed by atoms with Gasteiger partial charge in [-0.15, -0.1) is 0 Å². The summed E-state index contributed by atoms with van der Waals surface area (Å²) in [4.78, 5) is 0. The van der Waals surface area contributed by atoms with Crippen molar-refractivity contribution in [1.82, 2.24) is 0 Å². The van der Waals surface area contributed by atoms with Crippen molar-refractivity contribution < 1.29 is 14.6 Å². The highest BCUT2D eigenvalue weighted by Gasteiger charge is 2.06. The van der Waals surface area contributed by atoms with Gasteiger partial charge in [-0.05, 0) is 12.1 Å². The maximum absolute atomic E-state index is 9.51. The first kappa shape index (κ1) is 9.86. The fourth-order valence-electron chi connectivity index (χ4n) is 1.20. The maximum Gasteiger partial charge on any atom is 0.125 e. The van der Waals surface area contributed by atoms with E-state index in [1.54, 1.807) is 26.4 Å². The van der Waals surface area contributed by atoms with Crippen LogP contribution in [0.25, 0.3) is 0 Å². The predicted octanol–water partition coefficient (Wildman–Crippen LogP) is 1.59. The maximum atomic E-state index is 9.51. The van der Waals surface area contributed by atoms with Gasteiger partial charge in [0.1, 0.15) is 11.5 Å². The molecule has 0 heterocycles. The Bertz CT molecular complexity index is 271. The van der Waals surface area contributed by atoms with Crippen molar-refractivity contribution in [3.8, 4) is 11.5 Å². The number of ether oxygens (including phenoxy) is 2. The normalized spacial score (nSPS) is 10.0. The summed E-state index contributed by atoms with van der Waals surface area (Å²) in [6.45, 7) is 0.577. The Morgan fingerprint density at radius 1 is 1.31 bits per heavy atom. The van der Waals surface area contributed by atoms with Crippen molar-refractivity contribution in [3.05, 3.63) is 23.8 Å². The van der Waals surface area contributed by atoms with Gasteiger partial charge < -0.3 is 14.6 Å². The van der Waals surface area contributed by atoms with E-state index in [0.717, 1.165) is 5.56 Å². The van der Waals surface area contributed by atoms with Crippen LogP contribution in [0.1, 0.15) is 5.56 Å². The lowest BCUT2D eigenvalue weighted by Gasteiger charge is -2.09. The molecule has 0 aromatic heterocycles. The van der Waals surface area contributed by atoms with Gasteiger partial charge >= 0.3 is 0 Å². The van der Waals surface area contributed by atoms with E-state index in [4.69, 9.17) is 9.47 Å². The summed E-state index contributed by atoms with van der Waals surface area (Å²) >= 11 is 0. The molecule has 3 nitrogen and oxygen atoms in total. The second kappa shape index (κ2) is 4.72. The minimum atomic E-state index is 0.261. The average Bonchev–Trinajstić information content (AvgIpc) is 2.15. The number of hydrogen-bond donors (Lipinski definition) is 1. The highest BCUT2D eigenvalue weighted by Crippen LogP contribution is 2.27. The molecule has 1 rings (SSSR count). The zero-order valence-corrected chi connectivity index (χ0v) is 7.91. The molecular weight excluding hydrogens is 168 g/mol. The molecule has 0 aliphatic carbocycles. The van der Waals surface area contributed by atoms with Gasteiger partial charge in [-0.1, -0.05) is 6.07 Å². The quantitative estimate of drug-likeness (QED) is 0.768. The number of hydrogen-bond acceptors (Lipinski definition) is 3. The monoisotopic (exact) mass is 182 g/mol. The van der Waals surface area contributed by atoms with Crippen LogP contribution >= 0.6 is 0 Å². The Balaban J connectivity index is 2.87. The van der Waals surface area contributed by atoms with Crippen molar-refractivity contribution in [2.75, 3.05) is 20.8 Å². The summed E-state index contributed by atoms with van der Waals surface area (Å²) in [6, 6.07) is 5.22. The van der Waals surface area contributed by atoms with E-state index >= 15 is 0 Å². The van der Waals surface area contributed by atoms with Gasteiger partial charge in [-0.3, -0.25) is 0 Å². The van der Waals surface area contributed by atoms with E-state index in [0.29, 0.717) is 18.8 Å². The molecule has 72 valence electrons. The largest absolute Gasteiger partial charge is 0.508 e. The summed E-state index contributed by atoms with van der Waals surface area (Å²) in [5.41, 5.74) is 0.798. The number of rotatable bonds is 4. The molecule has 0 radical (unpaired) electrons. The summed E-state index contributed by atoms with van der Waals surface area (Å²) in [5.74, 6) is 0.966. The van der Waals surface area contributed by atoms with Crippen LogP contribution < -0.4 is 4.74 Å². The molecule has 0 bridgehead atoms. The molecule has 3 heteroatoms. The third-order valence-corrected chi connectivity index (χ3v) is 1.88. The summed E-state index contributed by atoms with van der Waals surface area (Å²) in [6.07, 6.45) is 0.659. The topological polar surface area (TPSA) is 38.7 Å². The zero-order valence-electron chi connectivity index (χ0n) is 7.91. The molecule has 0 atom stereocenters. The summed E-state index contributed by atoms with van der Waals surface area (Å²) in [7, 11) is 3.22. The van der Waals surface area contributed by atoms with Gasteiger partial charge in [-0.25, -0.2) is 0 Å². The first-order valence-corrected chi connectivity index (χ1v) is 4.13. The van der Waals surface area contributed by atoms with E-state index in [-0.39, 0.29) is 5.75 Å². The van der Waals surface area contributed by atoms with Crippen molar-refractivity contribution in [3.63, 3.8) is 0 Å². The Morgan fingerprint density at radius 3 is 2.69 bits per heavy atom. The van der Waals surface area contributed by atoms with Gasteiger partial charge in [0.15, 0.2) is 0 Å². The van der Waals surface area contributed by atoms with Crippen LogP contribution in [0.4, 0.5) is 0 Å². The SMILES string of the molecule is COCCc1c(O)cccc1OC. The van der Waals surface area contributed by atoms with Crippen LogP contribution in [0.5, 0.6) is 11.5 Å². The number of methoxy groups -OCH3 is 2. The van der Waals surface area contributed by atoms with Gasteiger partial charge in [0.25, 0.3) is 0 Å². The summed E-state index contributed by atoms with van der Waals surface area (Å²) < 4.78 is 10.0. The van der Waals surface area contributed by atoms with E-state index in [9.17, 15) is 5.11 Å². The number of aromatic hydroxyl groups is 1. The first-order chi connectivity index (χ1) is 6.29. The molecule has 1 aromatic carbocycles. The van der Waals surface area contributed by atoms with Gasteiger partial charge in [0, 0.05) is 19.1 Å². The lowest BCUT2D eigenvalue weighted by molar-refractivity contribution is 0.200. The molecule has 0 aliphatic heterocycles. The van der Waals surface area contributed by atoms with Crippen LogP contribution in [-0.4, -0.2) is 25.9 Å². The van der Waals surface area contributed by atoms with Gasteiger partial charge in [0.05, 0.1) is 13.7 Å². The van der Waals surface area contributed by atoms with Crippen molar-refractivity contribution >= 4 is 0 Å². The highest BCUT2D eigenvalue weighted by molar-refractivity contribution is 5.43. The third kappa shape index (κ3) is 2.36. The Labute approximate surface area is 77.9 Å². The average molecular weight is 182 g/mol. The van der Waals surface area contributed by atoms with Crippen molar-refractivity contribution in [1.29, 1.82) is 0 Å². The minimum Gasteiger partial charge on any atom is -0.508 e. The number of benzene rings is 1. The second-order valence-electron chi connectivity index (χ2n) is 2.70. The predicted molar refractivity (Wildman–Crippen MR) is 50.2 cm³/mol. The van der Waals surface area contributed by atoms with Gasteiger partial charge in [0.2, 0.25) is 0 Å². The smallest absolute Gasteiger partial charge is 0.125 e. The van der Waals surface area contributed by atoms with E-state index < -0.39 is 0 Å². The van der Waals surface area contributed by atoms with E-state index in [1.165, 1.54) is 0 Å². The Morgan fingerprint density at radius 2 is 2.08 bits per heavy atom.